The summed E-state index contributed by atoms with van der Waals surface area (Å²) in [5.74, 6) is 0.0340. The number of amides is 2. The molecule has 1 aromatic rings. The highest BCUT2D eigenvalue weighted by Gasteiger charge is 2.13. The molecule has 22 heavy (non-hydrogen) atoms. The zero-order chi connectivity index (χ0) is 16.5. The summed E-state index contributed by atoms with van der Waals surface area (Å²) in [6.07, 6.45) is 1.60. The molecule has 1 rings (SSSR count). The van der Waals surface area contributed by atoms with Crippen LogP contribution >= 0.6 is 11.6 Å². The van der Waals surface area contributed by atoms with Gasteiger partial charge in [-0.15, -0.1) is 0 Å². The Morgan fingerprint density at radius 2 is 2.14 bits per heavy atom. The molecule has 7 heteroatoms. The lowest BCUT2D eigenvalue weighted by molar-refractivity contribution is -0.122. The van der Waals surface area contributed by atoms with Crippen molar-refractivity contribution in [3.8, 4) is 5.75 Å². The molecular weight excluding hydrogens is 306 g/mol. The molecule has 0 fully saturated rings. The van der Waals surface area contributed by atoms with Gasteiger partial charge in [0.1, 0.15) is 5.75 Å². The van der Waals surface area contributed by atoms with Crippen molar-refractivity contribution in [1.29, 1.82) is 0 Å². The lowest BCUT2D eigenvalue weighted by Gasteiger charge is -2.12. The largest absolute Gasteiger partial charge is 0.495 e. The van der Waals surface area contributed by atoms with Crippen molar-refractivity contribution >= 4 is 29.1 Å². The molecule has 0 spiro atoms. The summed E-state index contributed by atoms with van der Waals surface area (Å²) in [6, 6.07) is 4.42. The summed E-state index contributed by atoms with van der Waals surface area (Å²) in [6.45, 7) is 2.18. The first-order valence-electron chi connectivity index (χ1n) is 7.14. The molecule has 122 valence electrons. The Morgan fingerprint density at radius 1 is 1.41 bits per heavy atom. The molecule has 0 aliphatic carbocycles. The van der Waals surface area contributed by atoms with Gasteiger partial charge in [0.05, 0.1) is 18.8 Å². The lowest BCUT2D eigenvalue weighted by Crippen LogP contribution is -2.41. The summed E-state index contributed by atoms with van der Waals surface area (Å²) in [5.41, 5.74) is 6.17. The molecule has 6 nitrogen and oxygen atoms in total. The molecule has 1 unspecified atom stereocenters. The maximum absolute atomic E-state index is 11.9. The number of carbonyl (C=O) groups is 2. The minimum absolute atomic E-state index is 0.139. The zero-order valence-electron chi connectivity index (χ0n) is 12.8. The Balaban J connectivity index is 2.44. The summed E-state index contributed by atoms with van der Waals surface area (Å²) in [7, 11) is 1.51. The standard InChI is InChI=1S/C15H22ClN3O3/c1-3-4-11(17)15(21)18-8-7-14(20)19-12-9-10(16)5-6-13(12)22-2/h5-6,9,11H,3-4,7-8,17H2,1-2H3,(H,18,21)(H,19,20). The molecule has 1 atom stereocenters. The fourth-order valence-corrected chi connectivity index (χ4v) is 2.04. The van der Waals surface area contributed by atoms with E-state index in [2.05, 4.69) is 10.6 Å². The Hall–Kier alpha value is -1.79. The summed E-state index contributed by atoms with van der Waals surface area (Å²) in [5, 5.41) is 5.84. The van der Waals surface area contributed by atoms with Gasteiger partial charge in [0.25, 0.3) is 0 Å². The van der Waals surface area contributed by atoms with E-state index in [9.17, 15) is 9.59 Å². The molecule has 1 aromatic carbocycles. The number of benzene rings is 1. The maximum Gasteiger partial charge on any atom is 0.236 e. The van der Waals surface area contributed by atoms with Gasteiger partial charge < -0.3 is 21.1 Å². The number of methoxy groups -OCH3 is 1. The van der Waals surface area contributed by atoms with E-state index in [1.54, 1.807) is 18.2 Å². The number of ether oxygens (including phenoxy) is 1. The average Bonchev–Trinajstić information content (AvgIpc) is 2.47. The van der Waals surface area contributed by atoms with Gasteiger partial charge in [0.15, 0.2) is 0 Å². The van der Waals surface area contributed by atoms with Crippen LogP contribution in [0.1, 0.15) is 26.2 Å². The van der Waals surface area contributed by atoms with E-state index in [-0.39, 0.29) is 24.8 Å². The smallest absolute Gasteiger partial charge is 0.236 e. The molecule has 0 saturated heterocycles. The molecule has 4 N–H and O–H groups in total. The van der Waals surface area contributed by atoms with Crippen LogP contribution in [0.5, 0.6) is 5.75 Å². The van der Waals surface area contributed by atoms with Gasteiger partial charge in [-0.1, -0.05) is 24.9 Å². The van der Waals surface area contributed by atoms with Crippen molar-refractivity contribution in [2.45, 2.75) is 32.2 Å². The van der Waals surface area contributed by atoms with Gasteiger partial charge in [-0.2, -0.15) is 0 Å². The van der Waals surface area contributed by atoms with Crippen molar-refractivity contribution in [2.75, 3.05) is 19.0 Å². The molecule has 0 bridgehead atoms. The fraction of sp³-hybridized carbons (Fsp3) is 0.467. The zero-order valence-corrected chi connectivity index (χ0v) is 13.6. The molecule has 0 aromatic heterocycles. The highest BCUT2D eigenvalue weighted by atomic mass is 35.5. The van der Waals surface area contributed by atoms with Gasteiger partial charge in [-0.3, -0.25) is 9.59 Å². The third kappa shape index (κ3) is 5.91. The first kappa shape index (κ1) is 18.3. The first-order chi connectivity index (χ1) is 10.5. The molecule has 0 heterocycles. The topological polar surface area (TPSA) is 93.5 Å². The van der Waals surface area contributed by atoms with E-state index in [0.29, 0.717) is 22.9 Å². The number of rotatable bonds is 8. The van der Waals surface area contributed by atoms with Gasteiger partial charge in [0, 0.05) is 18.0 Å². The second kappa shape index (κ2) is 9.27. The second-order valence-corrected chi connectivity index (χ2v) is 5.27. The van der Waals surface area contributed by atoms with E-state index in [4.69, 9.17) is 22.1 Å². The Labute approximate surface area is 135 Å². The van der Waals surface area contributed by atoms with Crippen LogP contribution in [0, 0.1) is 0 Å². The number of nitrogens with one attached hydrogen (secondary N) is 2. The van der Waals surface area contributed by atoms with Crippen LogP contribution in [-0.2, 0) is 9.59 Å². The highest BCUT2D eigenvalue weighted by molar-refractivity contribution is 6.31. The minimum Gasteiger partial charge on any atom is -0.495 e. The van der Waals surface area contributed by atoms with Crippen molar-refractivity contribution in [1.82, 2.24) is 5.32 Å². The predicted octanol–water partition coefficient (Wildman–Crippen LogP) is 1.92. The lowest BCUT2D eigenvalue weighted by atomic mass is 10.1. The van der Waals surface area contributed by atoms with Crippen LogP contribution in [0.15, 0.2) is 18.2 Å². The van der Waals surface area contributed by atoms with Crippen molar-refractivity contribution in [2.24, 2.45) is 5.73 Å². The Kier molecular flexibility index (Phi) is 7.70. The second-order valence-electron chi connectivity index (χ2n) is 4.83. The molecule has 0 radical (unpaired) electrons. The number of hydrogen-bond donors (Lipinski definition) is 3. The first-order valence-corrected chi connectivity index (χ1v) is 7.52. The van der Waals surface area contributed by atoms with Gasteiger partial charge in [-0.05, 0) is 24.6 Å². The van der Waals surface area contributed by atoms with Crippen molar-refractivity contribution in [3.63, 3.8) is 0 Å². The average molecular weight is 328 g/mol. The Morgan fingerprint density at radius 3 is 2.77 bits per heavy atom. The summed E-state index contributed by atoms with van der Waals surface area (Å²) < 4.78 is 5.14. The molecule has 0 aliphatic rings. The predicted molar refractivity (Wildman–Crippen MR) is 87.1 cm³/mol. The molecular formula is C15H22ClN3O3. The van der Waals surface area contributed by atoms with Crippen LogP contribution in [0.4, 0.5) is 5.69 Å². The molecule has 0 aliphatic heterocycles. The third-order valence-corrected chi connectivity index (χ3v) is 3.26. The van der Waals surface area contributed by atoms with Crippen LogP contribution in [0.25, 0.3) is 0 Å². The van der Waals surface area contributed by atoms with Crippen molar-refractivity contribution in [3.05, 3.63) is 23.2 Å². The maximum atomic E-state index is 11.9. The number of carbonyl (C=O) groups excluding carboxylic acids is 2. The van der Waals surface area contributed by atoms with Crippen LogP contribution < -0.4 is 21.1 Å². The fourth-order valence-electron chi connectivity index (χ4n) is 1.86. The normalized spacial score (nSPS) is 11.6. The number of nitrogens with two attached hydrogens (primary N) is 1. The van der Waals surface area contributed by atoms with E-state index < -0.39 is 6.04 Å². The number of anilines is 1. The number of hydrogen-bond acceptors (Lipinski definition) is 4. The minimum atomic E-state index is -0.527. The third-order valence-electron chi connectivity index (χ3n) is 3.02. The monoisotopic (exact) mass is 327 g/mol. The molecule has 0 saturated carbocycles. The van der Waals surface area contributed by atoms with Crippen LogP contribution in [0.2, 0.25) is 5.02 Å². The van der Waals surface area contributed by atoms with Crippen molar-refractivity contribution < 1.29 is 14.3 Å². The van der Waals surface area contributed by atoms with Crippen LogP contribution in [-0.4, -0.2) is 31.5 Å². The summed E-state index contributed by atoms with van der Waals surface area (Å²) in [4.78, 5) is 23.5. The van der Waals surface area contributed by atoms with E-state index in [0.717, 1.165) is 6.42 Å². The van der Waals surface area contributed by atoms with Gasteiger partial charge >= 0.3 is 0 Å². The van der Waals surface area contributed by atoms with Crippen LogP contribution in [0.3, 0.4) is 0 Å². The summed E-state index contributed by atoms with van der Waals surface area (Å²) >= 11 is 5.89. The van der Waals surface area contributed by atoms with Gasteiger partial charge in [-0.25, -0.2) is 0 Å². The van der Waals surface area contributed by atoms with Gasteiger partial charge in [0.2, 0.25) is 11.8 Å². The SMILES string of the molecule is CCCC(N)C(=O)NCCC(=O)Nc1cc(Cl)ccc1OC. The van der Waals surface area contributed by atoms with E-state index in [1.807, 2.05) is 6.92 Å². The van der Waals surface area contributed by atoms with E-state index >= 15 is 0 Å². The molecule has 2 amide bonds. The Bertz CT molecular complexity index is 523. The number of halogens is 1. The van der Waals surface area contributed by atoms with E-state index in [1.165, 1.54) is 7.11 Å². The quantitative estimate of drug-likeness (QED) is 0.680. The highest BCUT2D eigenvalue weighted by Crippen LogP contribution is 2.27.